The Morgan fingerprint density at radius 3 is 2.50 bits per heavy atom. The van der Waals surface area contributed by atoms with E-state index in [1.807, 2.05) is 50.2 Å². The third-order valence-electron chi connectivity index (χ3n) is 2.87. The summed E-state index contributed by atoms with van der Waals surface area (Å²) < 4.78 is 0. The van der Waals surface area contributed by atoms with Crippen LogP contribution in [0, 0.1) is 0 Å². The molecule has 0 fully saturated rings. The number of nitrogens with one attached hydrogen (secondary N) is 2. The molecule has 0 heterocycles. The minimum absolute atomic E-state index is 0.147. The Labute approximate surface area is 120 Å². The second-order valence-corrected chi connectivity index (χ2v) is 4.89. The smallest absolute Gasteiger partial charge is 0.233 e. The second kappa shape index (κ2) is 8.32. The van der Waals surface area contributed by atoms with Gasteiger partial charge in [-0.05, 0) is 32.1 Å². The fourth-order valence-electron chi connectivity index (χ4n) is 1.77. The van der Waals surface area contributed by atoms with Crippen LogP contribution in [0.3, 0.4) is 0 Å². The van der Waals surface area contributed by atoms with Crippen molar-refractivity contribution in [3.05, 3.63) is 29.8 Å². The molecule has 0 saturated heterocycles. The number of para-hydroxylation sites is 1. The van der Waals surface area contributed by atoms with E-state index in [2.05, 4.69) is 10.6 Å². The number of amides is 2. The minimum atomic E-state index is -0.284. The Bertz CT molecular complexity index is 458. The van der Waals surface area contributed by atoms with Gasteiger partial charge in [0, 0.05) is 18.8 Å². The van der Waals surface area contributed by atoms with Crippen molar-refractivity contribution in [2.24, 2.45) is 0 Å². The second-order valence-electron chi connectivity index (χ2n) is 4.89. The van der Waals surface area contributed by atoms with E-state index in [1.165, 1.54) is 0 Å². The normalized spacial score (nSPS) is 10.4. The van der Waals surface area contributed by atoms with Gasteiger partial charge < -0.3 is 15.5 Å². The molecule has 5 heteroatoms. The van der Waals surface area contributed by atoms with E-state index in [0.29, 0.717) is 6.54 Å². The van der Waals surface area contributed by atoms with E-state index in [1.54, 1.807) is 0 Å². The molecule has 1 rings (SSSR count). The zero-order valence-electron chi connectivity index (χ0n) is 12.4. The number of hydrogen-bond acceptors (Lipinski definition) is 3. The number of likely N-dealkylation sites (N-methyl/N-ethyl adjacent to an activating group) is 1. The van der Waals surface area contributed by atoms with Crippen molar-refractivity contribution in [2.75, 3.05) is 32.5 Å². The molecular weight excluding hydrogens is 254 g/mol. The number of carbonyl (C=O) groups is 2. The highest BCUT2D eigenvalue weighted by molar-refractivity contribution is 6.03. The molecule has 0 aliphatic rings. The number of aryl methyl sites for hydroxylation is 1. The van der Waals surface area contributed by atoms with Gasteiger partial charge in [-0.15, -0.1) is 0 Å². The molecule has 1 aromatic carbocycles. The summed E-state index contributed by atoms with van der Waals surface area (Å²) in [7, 11) is 3.86. The number of rotatable bonds is 7. The maximum Gasteiger partial charge on any atom is 0.233 e. The highest BCUT2D eigenvalue weighted by atomic mass is 16.2. The lowest BCUT2D eigenvalue weighted by Gasteiger charge is -2.11. The molecule has 0 saturated carbocycles. The Morgan fingerprint density at radius 2 is 1.85 bits per heavy atom. The van der Waals surface area contributed by atoms with Crippen LogP contribution in [0.25, 0.3) is 0 Å². The summed E-state index contributed by atoms with van der Waals surface area (Å²) in [6.07, 6.45) is 0.691. The fraction of sp³-hybridized carbons (Fsp3) is 0.467. The van der Waals surface area contributed by atoms with Crippen molar-refractivity contribution >= 4 is 17.5 Å². The number of benzene rings is 1. The monoisotopic (exact) mass is 277 g/mol. The number of anilines is 1. The van der Waals surface area contributed by atoms with Crippen LogP contribution in [0.1, 0.15) is 18.9 Å². The summed E-state index contributed by atoms with van der Waals surface area (Å²) in [4.78, 5) is 25.4. The summed E-state index contributed by atoms with van der Waals surface area (Å²) in [5, 5.41) is 5.50. The molecule has 2 N–H and O–H groups in total. The van der Waals surface area contributed by atoms with Gasteiger partial charge in [-0.3, -0.25) is 9.59 Å². The van der Waals surface area contributed by atoms with E-state index in [4.69, 9.17) is 0 Å². The average Bonchev–Trinajstić information content (AvgIpc) is 2.38. The van der Waals surface area contributed by atoms with Gasteiger partial charge in [0.15, 0.2) is 0 Å². The predicted octanol–water partition coefficient (Wildman–Crippen LogP) is 1.26. The summed E-state index contributed by atoms with van der Waals surface area (Å²) in [6.45, 7) is 3.33. The third kappa shape index (κ3) is 5.84. The quantitative estimate of drug-likeness (QED) is 0.738. The van der Waals surface area contributed by atoms with Crippen LogP contribution in [0.4, 0.5) is 5.69 Å². The molecule has 0 aliphatic carbocycles. The average molecular weight is 277 g/mol. The topological polar surface area (TPSA) is 61.4 Å². The van der Waals surface area contributed by atoms with Crippen LogP contribution in [-0.2, 0) is 16.0 Å². The highest BCUT2D eigenvalue weighted by Crippen LogP contribution is 2.15. The van der Waals surface area contributed by atoms with E-state index >= 15 is 0 Å². The first kappa shape index (κ1) is 16.2. The Kier molecular flexibility index (Phi) is 6.73. The van der Waals surface area contributed by atoms with Crippen LogP contribution < -0.4 is 10.6 Å². The van der Waals surface area contributed by atoms with Gasteiger partial charge in [0.25, 0.3) is 0 Å². The van der Waals surface area contributed by atoms with Crippen LogP contribution in [-0.4, -0.2) is 43.9 Å². The van der Waals surface area contributed by atoms with Gasteiger partial charge in [0.2, 0.25) is 11.8 Å². The summed E-state index contributed by atoms with van der Waals surface area (Å²) in [5.74, 6) is -0.536. The molecule has 0 aliphatic heterocycles. The van der Waals surface area contributed by atoms with Crippen molar-refractivity contribution in [1.29, 1.82) is 0 Å². The molecule has 0 spiro atoms. The van der Waals surface area contributed by atoms with Gasteiger partial charge >= 0.3 is 0 Å². The molecule has 2 amide bonds. The Morgan fingerprint density at radius 1 is 1.15 bits per heavy atom. The molecule has 0 bridgehead atoms. The molecule has 110 valence electrons. The zero-order chi connectivity index (χ0) is 15.0. The number of hydrogen-bond donors (Lipinski definition) is 2. The van der Waals surface area contributed by atoms with Gasteiger partial charge in [0.1, 0.15) is 6.42 Å². The largest absolute Gasteiger partial charge is 0.354 e. The standard InChI is InChI=1S/C15H23N3O2/c1-4-12-7-5-6-8-13(12)17-15(20)11-14(19)16-9-10-18(2)3/h5-8H,4,9-11H2,1-3H3,(H,16,19)(H,17,20). The van der Waals surface area contributed by atoms with Crippen molar-refractivity contribution < 1.29 is 9.59 Å². The fourth-order valence-corrected chi connectivity index (χ4v) is 1.77. The third-order valence-corrected chi connectivity index (χ3v) is 2.87. The number of carbonyl (C=O) groups excluding carboxylic acids is 2. The lowest BCUT2D eigenvalue weighted by atomic mass is 10.1. The predicted molar refractivity (Wildman–Crippen MR) is 80.6 cm³/mol. The molecule has 1 aromatic rings. The van der Waals surface area contributed by atoms with E-state index in [0.717, 1.165) is 24.2 Å². The maximum absolute atomic E-state index is 11.8. The van der Waals surface area contributed by atoms with Crippen LogP contribution in [0.15, 0.2) is 24.3 Å². The summed E-state index contributed by atoms with van der Waals surface area (Å²) in [5.41, 5.74) is 1.84. The summed E-state index contributed by atoms with van der Waals surface area (Å²) in [6, 6.07) is 7.61. The maximum atomic E-state index is 11.8. The van der Waals surface area contributed by atoms with Crippen LogP contribution >= 0.6 is 0 Å². The Balaban J connectivity index is 2.41. The molecule has 20 heavy (non-hydrogen) atoms. The van der Waals surface area contributed by atoms with Gasteiger partial charge in [0.05, 0.1) is 0 Å². The molecule has 0 unspecified atom stereocenters. The molecule has 0 aromatic heterocycles. The SMILES string of the molecule is CCc1ccccc1NC(=O)CC(=O)NCCN(C)C. The lowest BCUT2D eigenvalue weighted by molar-refractivity contribution is -0.126. The van der Waals surface area contributed by atoms with E-state index in [-0.39, 0.29) is 18.2 Å². The van der Waals surface area contributed by atoms with E-state index in [9.17, 15) is 9.59 Å². The molecule has 0 atom stereocenters. The molecular formula is C15H23N3O2. The van der Waals surface area contributed by atoms with Crippen molar-refractivity contribution in [3.8, 4) is 0 Å². The van der Waals surface area contributed by atoms with Crippen molar-refractivity contribution in [3.63, 3.8) is 0 Å². The Hall–Kier alpha value is -1.88. The lowest BCUT2D eigenvalue weighted by Crippen LogP contribution is -2.33. The van der Waals surface area contributed by atoms with Gasteiger partial charge in [-0.25, -0.2) is 0 Å². The molecule has 0 radical (unpaired) electrons. The van der Waals surface area contributed by atoms with Gasteiger partial charge in [-0.2, -0.15) is 0 Å². The van der Waals surface area contributed by atoms with Crippen molar-refractivity contribution in [1.82, 2.24) is 10.2 Å². The van der Waals surface area contributed by atoms with Crippen LogP contribution in [0.5, 0.6) is 0 Å². The zero-order valence-corrected chi connectivity index (χ0v) is 12.4. The van der Waals surface area contributed by atoms with Gasteiger partial charge in [-0.1, -0.05) is 25.1 Å². The van der Waals surface area contributed by atoms with Crippen LogP contribution in [0.2, 0.25) is 0 Å². The molecule has 5 nitrogen and oxygen atoms in total. The van der Waals surface area contributed by atoms with Crippen molar-refractivity contribution in [2.45, 2.75) is 19.8 Å². The minimum Gasteiger partial charge on any atom is -0.354 e. The van der Waals surface area contributed by atoms with E-state index < -0.39 is 0 Å². The number of nitrogens with zero attached hydrogens (tertiary/aromatic N) is 1. The first-order valence-corrected chi connectivity index (χ1v) is 6.82. The first-order chi connectivity index (χ1) is 9.52. The first-order valence-electron chi connectivity index (χ1n) is 6.82. The highest BCUT2D eigenvalue weighted by Gasteiger charge is 2.10. The summed E-state index contributed by atoms with van der Waals surface area (Å²) >= 11 is 0.